The summed E-state index contributed by atoms with van der Waals surface area (Å²) < 4.78 is 68.8. The maximum atomic E-state index is 12.5. The second-order valence-electron chi connectivity index (χ2n) is 7.64. The Labute approximate surface area is 182 Å². The molecule has 0 saturated carbocycles. The van der Waals surface area contributed by atoms with Crippen LogP contribution in [0.3, 0.4) is 0 Å². The Morgan fingerprint density at radius 1 is 1.12 bits per heavy atom. The van der Waals surface area contributed by atoms with Crippen molar-refractivity contribution in [2.75, 3.05) is 19.3 Å². The quantitative estimate of drug-likeness (QED) is 0.588. The van der Waals surface area contributed by atoms with Crippen molar-refractivity contribution in [3.8, 4) is 11.6 Å². The smallest absolute Gasteiger partial charge is 0.471 e. The molecule has 0 spiro atoms. The summed E-state index contributed by atoms with van der Waals surface area (Å²) >= 11 is 0. The number of aromatic nitrogens is 2. The van der Waals surface area contributed by atoms with Crippen LogP contribution in [0.15, 0.2) is 53.7 Å². The molecule has 1 fully saturated rings. The van der Waals surface area contributed by atoms with Crippen LogP contribution in [0, 0.1) is 0 Å². The highest BCUT2D eigenvalue weighted by molar-refractivity contribution is 7.90. The summed E-state index contributed by atoms with van der Waals surface area (Å²) in [5.74, 6) is -0.736. The number of alkyl halides is 3. The third kappa shape index (κ3) is 4.57. The van der Waals surface area contributed by atoms with E-state index in [0.717, 1.165) is 22.1 Å². The van der Waals surface area contributed by atoms with Gasteiger partial charge in [0, 0.05) is 43.8 Å². The molecule has 3 aromatic rings. The first-order chi connectivity index (χ1) is 15.0. The molecule has 32 heavy (non-hydrogen) atoms. The molecule has 0 unspecified atom stereocenters. The van der Waals surface area contributed by atoms with Crippen LogP contribution in [0.1, 0.15) is 12.8 Å². The second-order valence-corrected chi connectivity index (χ2v) is 9.65. The van der Waals surface area contributed by atoms with Gasteiger partial charge in [-0.05, 0) is 36.4 Å². The third-order valence-electron chi connectivity index (χ3n) is 5.33. The fourth-order valence-electron chi connectivity index (χ4n) is 3.68. The first kappa shape index (κ1) is 22.1. The Kier molecular flexibility index (Phi) is 5.61. The Morgan fingerprint density at radius 3 is 2.44 bits per heavy atom. The summed E-state index contributed by atoms with van der Waals surface area (Å²) in [5.41, 5.74) is 0.792. The van der Waals surface area contributed by atoms with Crippen LogP contribution in [0.25, 0.3) is 16.7 Å². The zero-order chi connectivity index (χ0) is 23.1. The Balaban J connectivity index is 1.43. The molecule has 1 aliphatic heterocycles. The van der Waals surface area contributed by atoms with Crippen molar-refractivity contribution in [1.82, 2.24) is 14.5 Å². The van der Waals surface area contributed by atoms with Gasteiger partial charge in [0.1, 0.15) is 17.7 Å². The minimum atomic E-state index is -4.86. The molecule has 0 atom stereocenters. The van der Waals surface area contributed by atoms with Gasteiger partial charge in [0.05, 0.1) is 16.6 Å². The number of nitrogens with zero attached hydrogens (tertiary/aromatic N) is 3. The van der Waals surface area contributed by atoms with Crippen LogP contribution in [0.4, 0.5) is 13.2 Å². The molecule has 0 N–H and O–H groups in total. The molecule has 7 nitrogen and oxygen atoms in total. The van der Waals surface area contributed by atoms with Crippen molar-refractivity contribution >= 4 is 26.6 Å². The molecular formula is C21H20F3N3O4S. The van der Waals surface area contributed by atoms with E-state index in [1.807, 2.05) is 4.57 Å². The van der Waals surface area contributed by atoms with Crippen molar-refractivity contribution in [3.63, 3.8) is 0 Å². The van der Waals surface area contributed by atoms with E-state index < -0.39 is 21.9 Å². The number of benzene rings is 1. The van der Waals surface area contributed by atoms with Gasteiger partial charge in [-0.3, -0.25) is 4.79 Å². The predicted octanol–water partition coefficient (Wildman–Crippen LogP) is 3.36. The van der Waals surface area contributed by atoms with Crippen molar-refractivity contribution in [3.05, 3.63) is 48.8 Å². The van der Waals surface area contributed by atoms with Gasteiger partial charge in [0.25, 0.3) is 0 Å². The molecule has 1 saturated heterocycles. The maximum absolute atomic E-state index is 12.5. The summed E-state index contributed by atoms with van der Waals surface area (Å²) in [7, 11) is -3.30. The Bertz CT molecular complexity index is 1250. The third-order valence-corrected chi connectivity index (χ3v) is 6.44. The van der Waals surface area contributed by atoms with Gasteiger partial charge >= 0.3 is 12.1 Å². The molecule has 2 aromatic heterocycles. The number of ether oxygens (including phenoxy) is 1. The van der Waals surface area contributed by atoms with E-state index in [2.05, 4.69) is 4.98 Å². The highest BCUT2D eigenvalue weighted by Gasteiger charge is 2.43. The monoisotopic (exact) mass is 467 g/mol. The van der Waals surface area contributed by atoms with E-state index in [4.69, 9.17) is 4.74 Å². The average molecular weight is 467 g/mol. The normalized spacial score (nSPS) is 15.8. The number of carbonyl (C=O) groups excluding carboxylic acids is 1. The van der Waals surface area contributed by atoms with Crippen LogP contribution in [-0.4, -0.2) is 60.4 Å². The lowest BCUT2D eigenvalue weighted by molar-refractivity contribution is -0.187. The first-order valence-electron chi connectivity index (χ1n) is 9.83. The number of piperidine rings is 1. The number of hydrogen-bond acceptors (Lipinski definition) is 5. The van der Waals surface area contributed by atoms with Crippen LogP contribution >= 0.6 is 0 Å². The SMILES string of the molecule is CS(=O)(=O)c1ccc2c(ccn2-c2ccc(OC3CCN(C(=O)C(F)(F)F)CC3)cn2)c1. The largest absolute Gasteiger partial charge is 0.489 e. The lowest BCUT2D eigenvalue weighted by Crippen LogP contribution is -2.47. The molecule has 0 bridgehead atoms. The van der Waals surface area contributed by atoms with Crippen LogP contribution in [-0.2, 0) is 14.6 Å². The molecule has 1 aliphatic rings. The number of amides is 1. The van der Waals surface area contributed by atoms with E-state index in [-0.39, 0.29) is 24.1 Å². The fourth-order valence-corrected chi connectivity index (χ4v) is 4.34. The lowest BCUT2D eigenvalue weighted by atomic mass is 10.1. The second kappa shape index (κ2) is 8.12. The van der Waals surface area contributed by atoms with Crippen molar-refractivity contribution in [1.29, 1.82) is 0 Å². The van der Waals surface area contributed by atoms with Gasteiger partial charge in [-0.2, -0.15) is 13.2 Å². The summed E-state index contributed by atoms with van der Waals surface area (Å²) in [6.45, 7) is -0.0291. The topological polar surface area (TPSA) is 81.5 Å². The molecule has 4 rings (SSSR count). The summed E-state index contributed by atoms with van der Waals surface area (Å²) in [6.07, 6.45) is -0.0945. The molecule has 3 heterocycles. The summed E-state index contributed by atoms with van der Waals surface area (Å²) in [5, 5.41) is 0.759. The molecule has 0 radical (unpaired) electrons. The predicted molar refractivity (Wildman–Crippen MR) is 110 cm³/mol. The van der Waals surface area contributed by atoms with E-state index in [1.54, 1.807) is 42.6 Å². The molecule has 1 amide bonds. The number of carbonyl (C=O) groups is 1. The highest BCUT2D eigenvalue weighted by atomic mass is 32.2. The molecular weight excluding hydrogens is 447 g/mol. The lowest BCUT2D eigenvalue weighted by Gasteiger charge is -2.32. The van der Waals surface area contributed by atoms with E-state index in [1.165, 1.54) is 6.20 Å². The molecule has 0 aliphatic carbocycles. The Morgan fingerprint density at radius 2 is 1.84 bits per heavy atom. The maximum Gasteiger partial charge on any atom is 0.471 e. The van der Waals surface area contributed by atoms with Gasteiger partial charge in [0.15, 0.2) is 9.84 Å². The van der Waals surface area contributed by atoms with Crippen molar-refractivity contribution in [2.45, 2.75) is 30.0 Å². The van der Waals surface area contributed by atoms with Gasteiger partial charge in [0.2, 0.25) is 0 Å². The van der Waals surface area contributed by atoms with Crippen LogP contribution < -0.4 is 4.74 Å². The number of sulfone groups is 1. The minimum Gasteiger partial charge on any atom is -0.489 e. The number of likely N-dealkylation sites (tertiary alicyclic amines) is 1. The standard InChI is InChI=1S/C21H20F3N3O4S/c1-32(29,30)17-3-4-18-14(12-17)6-11-27(18)19-5-2-16(13-25-19)31-15-7-9-26(10-8-15)20(28)21(22,23)24/h2-6,11-13,15H,7-10H2,1H3. The van der Waals surface area contributed by atoms with Gasteiger partial charge < -0.3 is 14.2 Å². The summed E-state index contributed by atoms with van der Waals surface area (Å²) in [6, 6.07) is 10.1. The number of rotatable bonds is 4. The molecule has 11 heteroatoms. The average Bonchev–Trinajstić information content (AvgIpc) is 3.16. The van der Waals surface area contributed by atoms with Crippen molar-refractivity contribution in [2.24, 2.45) is 0 Å². The van der Waals surface area contributed by atoms with E-state index in [9.17, 15) is 26.4 Å². The number of fused-ring (bicyclic) bond motifs is 1. The zero-order valence-corrected chi connectivity index (χ0v) is 17.9. The van der Waals surface area contributed by atoms with Gasteiger partial charge in [-0.15, -0.1) is 0 Å². The van der Waals surface area contributed by atoms with Gasteiger partial charge in [-0.1, -0.05) is 0 Å². The van der Waals surface area contributed by atoms with E-state index in [0.29, 0.717) is 24.4 Å². The van der Waals surface area contributed by atoms with Crippen LogP contribution in [0.2, 0.25) is 0 Å². The number of halogens is 3. The minimum absolute atomic E-state index is 0.0145. The first-order valence-corrected chi connectivity index (χ1v) is 11.7. The summed E-state index contributed by atoms with van der Waals surface area (Å²) in [4.78, 5) is 16.7. The number of pyridine rings is 1. The number of hydrogen-bond donors (Lipinski definition) is 0. The van der Waals surface area contributed by atoms with Crippen molar-refractivity contribution < 1.29 is 31.1 Å². The highest BCUT2D eigenvalue weighted by Crippen LogP contribution is 2.26. The fraction of sp³-hybridized carbons (Fsp3) is 0.333. The van der Waals surface area contributed by atoms with Gasteiger partial charge in [-0.25, -0.2) is 13.4 Å². The zero-order valence-electron chi connectivity index (χ0n) is 17.0. The van der Waals surface area contributed by atoms with Crippen LogP contribution in [0.5, 0.6) is 5.75 Å². The Hall–Kier alpha value is -3.08. The molecule has 1 aromatic carbocycles. The van der Waals surface area contributed by atoms with E-state index >= 15 is 0 Å². The molecule has 170 valence electrons.